The topological polar surface area (TPSA) is 0 Å². The maximum Gasteiger partial charge on any atom is -0.00141 e. The highest BCUT2D eigenvalue weighted by Gasteiger charge is 2.22. The number of fused-ring (bicyclic) bond motifs is 3. The molecule has 2 aliphatic rings. The van der Waals surface area contributed by atoms with Crippen LogP contribution < -0.4 is 0 Å². The summed E-state index contributed by atoms with van der Waals surface area (Å²) in [6.45, 7) is 2.22. The molecule has 0 heteroatoms. The Balaban J connectivity index is 2.24. The van der Waals surface area contributed by atoms with E-state index in [1.807, 2.05) is 0 Å². The van der Waals surface area contributed by atoms with Gasteiger partial charge in [0.05, 0.1) is 0 Å². The Bertz CT molecular complexity index is 447. The summed E-state index contributed by atoms with van der Waals surface area (Å²) >= 11 is 0. The zero-order valence-corrected chi connectivity index (χ0v) is 8.51. The van der Waals surface area contributed by atoms with Gasteiger partial charge in [0.1, 0.15) is 0 Å². The molecule has 0 heterocycles. The monoisotopic (exact) mass is 182 g/mol. The molecule has 0 N–H and O–H groups in total. The summed E-state index contributed by atoms with van der Waals surface area (Å²) in [5.74, 6) is 0. The van der Waals surface area contributed by atoms with Crippen molar-refractivity contribution < 1.29 is 0 Å². The first kappa shape index (κ1) is 8.05. The second-order valence-corrected chi connectivity index (χ2v) is 4.20. The van der Waals surface area contributed by atoms with Gasteiger partial charge in [0.25, 0.3) is 0 Å². The highest BCUT2D eigenvalue weighted by molar-refractivity contribution is 5.87. The molecule has 0 radical (unpaired) electrons. The van der Waals surface area contributed by atoms with Gasteiger partial charge in [-0.1, -0.05) is 30.4 Å². The van der Waals surface area contributed by atoms with E-state index in [0.29, 0.717) is 0 Å². The van der Waals surface area contributed by atoms with E-state index in [-0.39, 0.29) is 0 Å². The molecular formula is C14H14. The maximum atomic E-state index is 2.41. The van der Waals surface area contributed by atoms with Crippen molar-refractivity contribution >= 4 is 5.57 Å². The molecule has 70 valence electrons. The molecule has 0 spiro atoms. The smallest absolute Gasteiger partial charge is 0.00141 e. The van der Waals surface area contributed by atoms with Gasteiger partial charge in [0.2, 0.25) is 0 Å². The van der Waals surface area contributed by atoms with Gasteiger partial charge in [-0.05, 0) is 54.0 Å². The Kier molecular flexibility index (Phi) is 1.63. The van der Waals surface area contributed by atoms with E-state index in [4.69, 9.17) is 0 Å². The van der Waals surface area contributed by atoms with Crippen LogP contribution >= 0.6 is 0 Å². The third kappa shape index (κ3) is 1.00. The molecule has 0 atom stereocenters. The average Bonchev–Trinajstić information content (AvgIpc) is 2.59. The van der Waals surface area contributed by atoms with E-state index >= 15 is 0 Å². The van der Waals surface area contributed by atoms with Crippen LogP contribution in [0, 0.1) is 6.92 Å². The fourth-order valence-corrected chi connectivity index (χ4v) is 2.56. The van der Waals surface area contributed by atoms with Gasteiger partial charge in [-0.25, -0.2) is 0 Å². The lowest BCUT2D eigenvalue weighted by atomic mass is 9.98. The maximum absolute atomic E-state index is 2.41. The van der Waals surface area contributed by atoms with E-state index in [1.54, 1.807) is 11.1 Å². The number of aryl methyl sites for hydroxylation is 1. The Morgan fingerprint density at radius 1 is 1.07 bits per heavy atom. The van der Waals surface area contributed by atoms with Crippen LogP contribution in [0.3, 0.4) is 0 Å². The molecule has 0 unspecified atom stereocenters. The van der Waals surface area contributed by atoms with E-state index < -0.39 is 0 Å². The average molecular weight is 182 g/mol. The molecule has 0 bridgehead atoms. The van der Waals surface area contributed by atoms with Crippen molar-refractivity contribution in [1.82, 2.24) is 0 Å². The van der Waals surface area contributed by atoms with Crippen molar-refractivity contribution in [2.24, 2.45) is 0 Å². The van der Waals surface area contributed by atoms with Crippen LogP contribution in [0.1, 0.15) is 29.5 Å². The van der Waals surface area contributed by atoms with E-state index in [2.05, 4.69) is 37.3 Å². The van der Waals surface area contributed by atoms with Crippen LogP contribution in [0.4, 0.5) is 0 Å². The molecule has 1 aromatic carbocycles. The van der Waals surface area contributed by atoms with E-state index in [9.17, 15) is 0 Å². The first-order valence-corrected chi connectivity index (χ1v) is 5.34. The van der Waals surface area contributed by atoms with E-state index in [0.717, 1.165) is 6.42 Å². The Morgan fingerprint density at radius 2 is 1.93 bits per heavy atom. The molecule has 0 saturated heterocycles. The molecule has 0 saturated carbocycles. The second-order valence-electron chi connectivity index (χ2n) is 4.20. The molecule has 0 amide bonds. The van der Waals surface area contributed by atoms with Crippen molar-refractivity contribution in [1.29, 1.82) is 0 Å². The van der Waals surface area contributed by atoms with Gasteiger partial charge in [-0.15, -0.1) is 0 Å². The van der Waals surface area contributed by atoms with Gasteiger partial charge < -0.3 is 0 Å². The first-order chi connectivity index (χ1) is 6.86. The lowest BCUT2D eigenvalue weighted by Gasteiger charge is -2.07. The number of hydrogen-bond donors (Lipinski definition) is 0. The molecule has 0 aliphatic heterocycles. The third-order valence-corrected chi connectivity index (χ3v) is 3.32. The molecule has 2 aliphatic carbocycles. The third-order valence-electron chi connectivity index (χ3n) is 3.32. The summed E-state index contributed by atoms with van der Waals surface area (Å²) in [4.78, 5) is 0. The Hall–Kier alpha value is -1.30. The summed E-state index contributed by atoms with van der Waals surface area (Å²) in [6.07, 6.45) is 8.42. The van der Waals surface area contributed by atoms with Gasteiger partial charge in [0.15, 0.2) is 0 Å². The van der Waals surface area contributed by atoms with Crippen molar-refractivity contribution in [3.63, 3.8) is 0 Å². The predicted molar refractivity (Wildman–Crippen MR) is 60.2 cm³/mol. The summed E-state index contributed by atoms with van der Waals surface area (Å²) in [6, 6.07) is 6.66. The Labute approximate surface area is 85.0 Å². The van der Waals surface area contributed by atoms with Crippen molar-refractivity contribution in [3.05, 3.63) is 52.6 Å². The largest absolute Gasteiger partial charge is 0.0801 e. The predicted octanol–water partition coefficient (Wildman–Crippen LogP) is 3.65. The number of allylic oxidation sites excluding steroid dienone is 4. The van der Waals surface area contributed by atoms with Crippen LogP contribution in [-0.4, -0.2) is 0 Å². The van der Waals surface area contributed by atoms with E-state index in [1.165, 1.54) is 29.5 Å². The molecular weight excluding hydrogens is 168 g/mol. The van der Waals surface area contributed by atoms with Crippen LogP contribution in [0.15, 0.2) is 35.9 Å². The lowest BCUT2D eigenvalue weighted by Crippen LogP contribution is -1.86. The molecule has 1 aromatic rings. The van der Waals surface area contributed by atoms with Crippen LogP contribution in [0.2, 0.25) is 0 Å². The fourth-order valence-electron chi connectivity index (χ4n) is 2.56. The summed E-state index contributed by atoms with van der Waals surface area (Å²) in [5.41, 5.74) is 7.54. The summed E-state index contributed by atoms with van der Waals surface area (Å²) in [5, 5.41) is 0. The van der Waals surface area contributed by atoms with Crippen LogP contribution in [0.5, 0.6) is 0 Å². The summed E-state index contributed by atoms with van der Waals surface area (Å²) in [7, 11) is 0. The standard InChI is InChI=1S/C14H14/c1-10-5-4-8-13-12-7-3-2-6-11(12)9-14(10)13/h4-8H,2-3,9H2,1H3. The summed E-state index contributed by atoms with van der Waals surface area (Å²) < 4.78 is 0. The number of hydrogen-bond acceptors (Lipinski definition) is 0. The van der Waals surface area contributed by atoms with Gasteiger partial charge in [0, 0.05) is 0 Å². The highest BCUT2D eigenvalue weighted by atomic mass is 14.3. The van der Waals surface area contributed by atoms with Gasteiger partial charge in [-0.2, -0.15) is 0 Å². The van der Waals surface area contributed by atoms with Gasteiger partial charge >= 0.3 is 0 Å². The number of rotatable bonds is 0. The quantitative estimate of drug-likeness (QED) is 0.574. The minimum absolute atomic E-state index is 1.16. The lowest BCUT2D eigenvalue weighted by molar-refractivity contribution is 1.02. The zero-order chi connectivity index (χ0) is 9.54. The zero-order valence-electron chi connectivity index (χ0n) is 8.51. The van der Waals surface area contributed by atoms with Gasteiger partial charge in [-0.3, -0.25) is 0 Å². The molecule has 0 fully saturated rings. The molecule has 0 nitrogen and oxygen atoms in total. The van der Waals surface area contributed by atoms with Crippen LogP contribution in [0.25, 0.3) is 5.57 Å². The minimum atomic E-state index is 1.16. The number of benzene rings is 1. The minimum Gasteiger partial charge on any atom is -0.0801 e. The molecule has 14 heavy (non-hydrogen) atoms. The van der Waals surface area contributed by atoms with Crippen molar-refractivity contribution in [2.75, 3.05) is 0 Å². The highest BCUT2D eigenvalue weighted by Crippen LogP contribution is 2.40. The normalized spacial score (nSPS) is 18.4. The van der Waals surface area contributed by atoms with Crippen molar-refractivity contribution in [2.45, 2.75) is 26.2 Å². The SMILES string of the molecule is Cc1cccc2c1CC1=CCCC=C12. The molecule has 0 aromatic heterocycles. The van der Waals surface area contributed by atoms with Crippen LogP contribution in [-0.2, 0) is 6.42 Å². The Morgan fingerprint density at radius 3 is 2.86 bits per heavy atom. The molecule has 3 rings (SSSR count). The van der Waals surface area contributed by atoms with Crippen molar-refractivity contribution in [3.8, 4) is 0 Å². The fraction of sp³-hybridized carbons (Fsp3) is 0.286. The second kappa shape index (κ2) is 2.84. The first-order valence-electron chi connectivity index (χ1n) is 5.34.